The lowest BCUT2D eigenvalue weighted by molar-refractivity contribution is -0.143. The summed E-state index contributed by atoms with van der Waals surface area (Å²) in [4.78, 5) is 5.57. The normalized spacial score (nSPS) is 18.7. The molecule has 26 heavy (non-hydrogen) atoms. The van der Waals surface area contributed by atoms with E-state index in [1.807, 2.05) is 7.05 Å². The molecule has 1 fully saturated rings. The van der Waals surface area contributed by atoms with Crippen molar-refractivity contribution < 1.29 is 13.2 Å². The Balaban J connectivity index is 0.00000338. The maximum Gasteiger partial charge on any atom is 0.401 e. The molecule has 2 N–H and O–H groups in total. The molecule has 1 saturated heterocycles. The Labute approximate surface area is 178 Å². The van der Waals surface area contributed by atoms with E-state index in [1.54, 1.807) is 17.7 Å². The number of nitrogens with one attached hydrogen (secondary N) is 2. The van der Waals surface area contributed by atoms with Gasteiger partial charge in [-0.3, -0.25) is 9.89 Å². The van der Waals surface area contributed by atoms with Gasteiger partial charge in [-0.25, -0.2) is 0 Å². The zero-order chi connectivity index (χ0) is 18.6. The number of guanidine groups is 1. The number of hydrogen-bond acceptors (Lipinski definition) is 2. The first-order valence-corrected chi connectivity index (χ1v) is 8.68. The van der Waals surface area contributed by atoms with E-state index in [2.05, 4.69) is 15.6 Å². The van der Waals surface area contributed by atoms with Crippen LogP contribution in [0.2, 0.25) is 10.2 Å². The van der Waals surface area contributed by atoms with E-state index < -0.39 is 12.7 Å². The van der Waals surface area contributed by atoms with Crippen LogP contribution in [-0.4, -0.2) is 54.8 Å². The van der Waals surface area contributed by atoms with Crippen LogP contribution in [-0.2, 0) is 13.6 Å². The first-order valence-electron chi connectivity index (χ1n) is 7.93. The standard InChI is InChI=1S/C15H22Cl2F3N5.HI/c1-21-14(23-7-11-5-12(16)13(17)24(11)2)22-6-10-3-4-25(8-10)9-15(18,19)20;/h5,10H,3-4,6-9H2,1-2H3,(H2,21,22,23);1H. The highest BCUT2D eigenvalue weighted by Crippen LogP contribution is 2.25. The first kappa shape index (κ1) is 23.6. The van der Waals surface area contributed by atoms with Gasteiger partial charge in [0.15, 0.2) is 5.96 Å². The Morgan fingerprint density at radius 2 is 2.04 bits per heavy atom. The molecule has 2 rings (SSSR count). The zero-order valence-corrected chi connectivity index (χ0v) is 18.4. The predicted octanol–water partition coefficient (Wildman–Crippen LogP) is 3.50. The van der Waals surface area contributed by atoms with Gasteiger partial charge in [0, 0.05) is 32.9 Å². The van der Waals surface area contributed by atoms with Crippen LogP contribution in [0.15, 0.2) is 11.1 Å². The van der Waals surface area contributed by atoms with Gasteiger partial charge in [0.05, 0.1) is 18.1 Å². The highest BCUT2D eigenvalue weighted by molar-refractivity contribution is 14.0. The monoisotopic (exact) mass is 527 g/mol. The van der Waals surface area contributed by atoms with E-state index in [9.17, 15) is 13.2 Å². The SMILES string of the molecule is CN=C(NCc1cc(Cl)c(Cl)n1C)NCC1CCN(CC(F)(F)F)C1.I. The van der Waals surface area contributed by atoms with Gasteiger partial charge in [-0.05, 0) is 24.9 Å². The van der Waals surface area contributed by atoms with Crippen molar-refractivity contribution in [3.8, 4) is 0 Å². The average molecular weight is 528 g/mol. The summed E-state index contributed by atoms with van der Waals surface area (Å²) >= 11 is 12.0. The minimum atomic E-state index is -4.14. The van der Waals surface area contributed by atoms with Crippen molar-refractivity contribution in [1.82, 2.24) is 20.1 Å². The molecule has 0 amide bonds. The third-order valence-corrected chi connectivity index (χ3v) is 5.05. The van der Waals surface area contributed by atoms with Crippen molar-refractivity contribution >= 4 is 53.1 Å². The molecule has 0 saturated carbocycles. The summed E-state index contributed by atoms with van der Waals surface area (Å²) in [5.41, 5.74) is 0.898. The quantitative estimate of drug-likeness (QED) is 0.350. The predicted molar refractivity (Wildman–Crippen MR) is 110 cm³/mol. The summed E-state index contributed by atoms with van der Waals surface area (Å²) in [6.07, 6.45) is -3.40. The number of halogens is 6. The third kappa shape index (κ3) is 6.97. The molecule has 1 atom stereocenters. The van der Waals surface area contributed by atoms with Crippen molar-refractivity contribution in [1.29, 1.82) is 0 Å². The number of rotatable bonds is 5. The van der Waals surface area contributed by atoms with Crippen molar-refractivity contribution in [2.45, 2.75) is 19.1 Å². The highest BCUT2D eigenvalue weighted by Gasteiger charge is 2.34. The number of hydrogen-bond donors (Lipinski definition) is 2. The summed E-state index contributed by atoms with van der Waals surface area (Å²) in [5, 5.41) is 7.26. The van der Waals surface area contributed by atoms with Gasteiger partial charge in [-0.15, -0.1) is 24.0 Å². The Hall–Kier alpha value is -0.390. The minimum absolute atomic E-state index is 0. The van der Waals surface area contributed by atoms with Gasteiger partial charge in [-0.1, -0.05) is 23.2 Å². The number of nitrogens with zero attached hydrogens (tertiary/aromatic N) is 3. The van der Waals surface area contributed by atoms with E-state index >= 15 is 0 Å². The molecule has 0 spiro atoms. The lowest BCUT2D eigenvalue weighted by Crippen LogP contribution is -2.40. The molecular weight excluding hydrogens is 505 g/mol. The molecule has 5 nitrogen and oxygen atoms in total. The third-order valence-electron chi connectivity index (χ3n) is 4.21. The van der Waals surface area contributed by atoms with Crippen LogP contribution in [0.4, 0.5) is 13.2 Å². The van der Waals surface area contributed by atoms with Gasteiger partial charge in [0.25, 0.3) is 0 Å². The van der Waals surface area contributed by atoms with Crippen LogP contribution in [0, 0.1) is 5.92 Å². The second-order valence-corrected chi connectivity index (χ2v) is 6.91. The van der Waals surface area contributed by atoms with Gasteiger partial charge in [0.1, 0.15) is 5.15 Å². The van der Waals surface area contributed by atoms with Crippen molar-refractivity contribution in [2.24, 2.45) is 18.0 Å². The minimum Gasteiger partial charge on any atom is -0.356 e. The highest BCUT2D eigenvalue weighted by atomic mass is 127. The zero-order valence-electron chi connectivity index (χ0n) is 14.5. The molecule has 11 heteroatoms. The number of aliphatic imine (C=N–C) groups is 1. The van der Waals surface area contributed by atoms with Gasteiger partial charge in [-0.2, -0.15) is 13.2 Å². The largest absolute Gasteiger partial charge is 0.401 e. The van der Waals surface area contributed by atoms with E-state index in [0.717, 1.165) is 12.1 Å². The molecule has 1 unspecified atom stereocenters. The van der Waals surface area contributed by atoms with E-state index in [4.69, 9.17) is 23.2 Å². The Morgan fingerprint density at radius 3 is 2.58 bits per heavy atom. The molecular formula is C15H23Cl2F3IN5. The van der Waals surface area contributed by atoms with Crippen molar-refractivity contribution in [3.63, 3.8) is 0 Å². The van der Waals surface area contributed by atoms with Crippen LogP contribution >= 0.6 is 47.2 Å². The molecule has 0 bridgehead atoms. The first-order chi connectivity index (χ1) is 11.7. The summed E-state index contributed by atoms with van der Waals surface area (Å²) in [7, 11) is 3.46. The molecule has 1 aromatic rings. The maximum atomic E-state index is 12.4. The fourth-order valence-electron chi connectivity index (χ4n) is 2.87. The van der Waals surface area contributed by atoms with Crippen LogP contribution in [0.25, 0.3) is 0 Å². The van der Waals surface area contributed by atoms with Crippen LogP contribution in [0.1, 0.15) is 12.1 Å². The summed E-state index contributed by atoms with van der Waals surface area (Å²) in [6, 6.07) is 1.77. The molecule has 0 radical (unpaired) electrons. The Bertz CT molecular complexity index is 621. The van der Waals surface area contributed by atoms with Crippen molar-refractivity contribution in [2.75, 3.05) is 33.2 Å². The smallest absolute Gasteiger partial charge is 0.356 e. The second kappa shape index (κ2) is 10.2. The number of aromatic nitrogens is 1. The maximum absolute atomic E-state index is 12.4. The second-order valence-electron chi connectivity index (χ2n) is 6.15. The molecule has 150 valence electrons. The van der Waals surface area contributed by atoms with Gasteiger partial charge >= 0.3 is 6.18 Å². The lowest BCUT2D eigenvalue weighted by atomic mass is 10.1. The molecule has 0 aromatic carbocycles. The fourth-order valence-corrected chi connectivity index (χ4v) is 3.29. The van der Waals surface area contributed by atoms with Crippen molar-refractivity contribution in [3.05, 3.63) is 21.9 Å². The summed E-state index contributed by atoms with van der Waals surface area (Å²) < 4.78 is 39.0. The molecule has 0 aliphatic carbocycles. The summed E-state index contributed by atoms with van der Waals surface area (Å²) in [6.45, 7) is 1.12. The van der Waals surface area contributed by atoms with E-state index in [-0.39, 0.29) is 29.9 Å². The lowest BCUT2D eigenvalue weighted by Gasteiger charge is -2.18. The molecule has 2 heterocycles. The molecule has 1 aliphatic rings. The van der Waals surface area contributed by atoms with E-state index in [0.29, 0.717) is 42.3 Å². The van der Waals surface area contributed by atoms with Crippen LogP contribution < -0.4 is 10.6 Å². The fraction of sp³-hybridized carbons (Fsp3) is 0.667. The number of likely N-dealkylation sites (tertiary alicyclic amines) is 1. The Kier molecular flexibility index (Phi) is 9.31. The average Bonchev–Trinajstić information content (AvgIpc) is 3.06. The van der Waals surface area contributed by atoms with Gasteiger partial charge in [0.2, 0.25) is 0 Å². The molecule has 1 aromatic heterocycles. The van der Waals surface area contributed by atoms with E-state index in [1.165, 1.54) is 4.90 Å². The topological polar surface area (TPSA) is 44.6 Å². The Morgan fingerprint density at radius 1 is 1.35 bits per heavy atom. The van der Waals surface area contributed by atoms with Crippen LogP contribution in [0.5, 0.6) is 0 Å². The molecule has 1 aliphatic heterocycles. The number of alkyl halides is 3. The van der Waals surface area contributed by atoms with Gasteiger partial charge < -0.3 is 15.2 Å². The summed E-state index contributed by atoms with van der Waals surface area (Å²) in [5.74, 6) is 0.752. The van der Waals surface area contributed by atoms with Crippen LogP contribution in [0.3, 0.4) is 0 Å².